The summed E-state index contributed by atoms with van der Waals surface area (Å²) < 4.78 is 1.96. The highest BCUT2D eigenvalue weighted by Crippen LogP contribution is 2.25. The molecule has 0 saturated heterocycles. The van der Waals surface area contributed by atoms with Crippen LogP contribution in [0.4, 0.5) is 5.13 Å². The van der Waals surface area contributed by atoms with Crippen LogP contribution in [0.15, 0.2) is 12.3 Å². The van der Waals surface area contributed by atoms with Crippen molar-refractivity contribution in [2.75, 3.05) is 12.4 Å². The molecule has 2 heterocycles. The number of aryl methyl sites for hydroxylation is 1. The predicted molar refractivity (Wildman–Crippen MR) is 61.0 cm³/mol. The zero-order chi connectivity index (χ0) is 10.7. The summed E-state index contributed by atoms with van der Waals surface area (Å²) in [6.07, 6.45) is 2.86. The summed E-state index contributed by atoms with van der Waals surface area (Å²) in [5.74, 6) is 0. The molecule has 80 valence electrons. The molecule has 0 unspecified atom stereocenters. The third-order valence-electron chi connectivity index (χ3n) is 2.01. The van der Waals surface area contributed by atoms with Gasteiger partial charge in [0, 0.05) is 19.8 Å². The molecule has 15 heavy (non-hydrogen) atoms. The van der Waals surface area contributed by atoms with Gasteiger partial charge in [0.1, 0.15) is 0 Å². The lowest BCUT2D eigenvalue weighted by molar-refractivity contribution is 0.608. The molecule has 0 aromatic carbocycles. The molecule has 2 rings (SSSR count). The van der Waals surface area contributed by atoms with E-state index < -0.39 is 0 Å². The molecule has 0 aliphatic carbocycles. The molecule has 0 atom stereocenters. The fourth-order valence-electron chi connectivity index (χ4n) is 1.33. The number of hydrogen-bond donors (Lipinski definition) is 1. The van der Waals surface area contributed by atoms with Crippen LogP contribution in [0, 0.1) is 0 Å². The Morgan fingerprint density at radius 2 is 2.33 bits per heavy atom. The molecule has 0 radical (unpaired) electrons. The van der Waals surface area contributed by atoms with Crippen molar-refractivity contribution >= 4 is 16.5 Å². The van der Waals surface area contributed by atoms with Crippen LogP contribution in [0.25, 0.3) is 10.7 Å². The smallest absolute Gasteiger partial charge is 0.205 e. The van der Waals surface area contributed by atoms with Crippen molar-refractivity contribution in [3.05, 3.63) is 12.3 Å². The van der Waals surface area contributed by atoms with E-state index in [1.54, 1.807) is 6.20 Å². The normalized spacial score (nSPS) is 10.5. The van der Waals surface area contributed by atoms with Crippen LogP contribution >= 0.6 is 11.3 Å². The summed E-state index contributed by atoms with van der Waals surface area (Å²) in [6, 6.07) is 1.97. The number of nitrogens with zero attached hydrogens (tertiary/aromatic N) is 4. The van der Waals surface area contributed by atoms with Crippen LogP contribution in [0.3, 0.4) is 0 Å². The largest absolute Gasteiger partial charge is 0.363 e. The summed E-state index contributed by atoms with van der Waals surface area (Å²) in [5.41, 5.74) is 1.04. The van der Waals surface area contributed by atoms with E-state index in [-0.39, 0.29) is 0 Å². The van der Waals surface area contributed by atoms with E-state index in [0.717, 1.165) is 28.8 Å². The molecule has 5 nitrogen and oxygen atoms in total. The fraction of sp³-hybridized carbons (Fsp3) is 0.444. The number of aromatic nitrogens is 4. The molecule has 0 saturated carbocycles. The number of anilines is 1. The maximum absolute atomic E-state index is 4.25. The highest BCUT2D eigenvalue weighted by Gasteiger charge is 2.10. The standard InChI is InChI=1S/C9H13N5S/c1-3-6-14-7(4-5-11-14)8-12-13-9(10-2)15-8/h4-5H,3,6H2,1-2H3,(H,10,13). The van der Waals surface area contributed by atoms with E-state index in [0.29, 0.717) is 0 Å². The zero-order valence-electron chi connectivity index (χ0n) is 8.77. The molecule has 6 heteroatoms. The highest BCUT2D eigenvalue weighted by atomic mass is 32.1. The van der Waals surface area contributed by atoms with E-state index in [1.165, 1.54) is 11.3 Å². The minimum atomic E-state index is 0.828. The van der Waals surface area contributed by atoms with Gasteiger partial charge in [-0.2, -0.15) is 5.10 Å². The van der Waals surface area contributed by atoms with Crippen LogP contribution in [0.1, 0.15) is 13.3 Å². The molecule has 2 aromatic heterocycles. The molecule has 0 spiro atoms. The second-order valence-corrected chi connectivity index (χ2v) is 4.08. The van der Waals surface area contributed by atoms with Crippen molar-refractivity contribution in [1.29, 1.82) is 0 Å². The Balaban J connectivity index is 2.31. The summed E-state index contributed by atoms with van der Waals surface area (Å²) in [5, 5.41) is 17.1. The molecule has 1 N–H and O–H groups in total. The lowest BCUT2D eigenvalue weighted by Crippen LogP contribution is -2.00. The molecule has 0 aliphatic rings. The fourth-order valence-corrected chi connectivity index (χ4v) is 2.06. The summed E-state index contributed by atoms with van der Waals surface area (Å²) >= 11 is 1.54. The summed E-state index contributed by atoms with van der Waals surface area (Å²) in [4.78, 5) is 0. The maximum atomic E-state index is 4.25. The van der Waals surface area contributed by atoms with Crippen molar-refractivity contribution < 1.29 is 0 Å². The van der Waals surface area contributed by atoms with Crippen LogP contribution in [0.5, 0.6) is 0 Å². The Morgan fingerprint density at radius 1 is 1.47 bits per heavy atom. The maximum Gasteiger partial charge on any atom is 0.205 e. The van der Waals surface area contributed by atoms with Crippen molar-refractivity contribution in [1.82, 2.24) is 20.0 Å². The molecule has 0 bridgehead atoms. The lowest BCUT2D eigenvalue weighted by atomic mass is 10.4. The Kier molecular flexibility index (Phi) is 2.96. The first-order chi connectivity index (χ1) is 7.35. The van der Waals surface area contributed by atoms with E-state index in [1.807, 2.05) is 17.8 Å². The van der Waals surface area contributed by atoms with Crippen molar-refractivity contribution in [3.8, 4) is 10.7 Å². The second-order valence-electron chi connectivity index (χ2n) is 3.10. The Labute approximate surface area is 92.2 Å². The van der Waals surface area contributed by atoms with E-state index in [2.05, 4.69) is 27.5 Å². The van der Waals surface area contributed by atoms with Crippen molar-refractivity contribution in [3.63, 3.8) is 0 Å². The molecular weight excluding hydrogens is 210 g/mol. The average Bonchev–Trinajstić information content (AvgIpc) is 2.85. The first-order valence-corrected chi connectivity index (χ1v) is 5.70. The van der Waals surface area contributed by atoms with Crippen LogP contribution in [0.2, 0.25) is 0 Å². The van der Waals surface area contributed by atoms with Gasteiger partial charge in [0.2, 0.25) is 5.13 Å². The van der Waals surface area contributed by atoms with Gasteiger partial charge in [0.25, 0.3) is 0 Å². The van der Waals surface area contributed by atoms with Gasteiger partial charge in [-0.1, -0.05) is 18.3 Å². The predicted octanol–water partition coefficient (Wildman–Crippen LogP) is 1.85. The Morgan fingerprint density at radius 3 is 3.00 bits per heavy atom. The number of nitrogens with one attached hydrogen (secondary N) is 1. The molecule has 0 aliphatic heterocycles. The SMILES string of the molecule is CCCn1nccc1-c1nnc(NC)s1. The minimum Gasteiger partial charge on any atom is -0.363 e. The monoisotopic (exact) mass is 223 g/mol. The first kappa shape index (κ1) is 10.1. The van der Waals surface area contributed by atoms with Gasteiger partial charge < -0.3 is 5.32 Å². The molecular formula is C9H13N5S. The third kappa shape index (κ3) is 1.99. The molecule has 2 aromatic rings. The number of rotatable bonds is 4. The van der Waals surface area contributed by atoms with E-state index in [4.69, 9.17) is 0 Å². The summed E-state index contributed by atoms with van der Waals surface area (Å²) in [6.45, 7) is 3.04. The van der Waals surface area contributed by atoms with Crippen molar-refractivity contribution in [2.45, 2.75) is 19.9 Å². The van der Waals surface area contributed by atoms with Crippen LogP contribution in [-0.4, -0.2) is 27.0 Å². The second kappa shape index (κ2) is 4.39. The first-order valence-electron chi connectivity index (χ1n) is 4.88. The topological polar surface area (TPSA) is 55.6 Å². The summed E-state index contributed by atoms with van der Waals surface area (Å²) in [7, 11) is 1.84. The van der Waals surface area contributed by atoms with Gasteiger partial charge in [0.05, 0.1) is 5.69 Å². The van der Waals surface area contributed by atoms with Gasteiger partial charge >= 0.3 is 0 Å². The van der Waals surface area contributed by atoms with Crippen LogP contribution in [-0.2, 0) is 6.54 Å². The Bertz CT molecular complexity index is 433. The van der Waals surface area contributed by atoms with Gasteiger partial charge in [-0.05, 0) is 12.5 Å². The van der Waals surface area contributed by atoms with Gasteiger partial charge in [-0.25, -0.2) is 0 Å². The van der Waals surface area contributed by atoms with Crippen LogP contribution < -0.4 is 5.32 Å². The lowest BCUT2D eigenvalue weighted by Gasteiger charge is -2.01. The number of hydrogen-bond acceptors (Lipinski definition) is 5. The van der Waals surface area contributed by atoms with Gasteiger partial charge in [-0.3, -0.25) is 4.68 Å². The third-order valence-corrected chi connectivity index (χ3v) is 2.97. The van der Waals surface area contributed by atoms with Crippen molar-refractivity contribution in [2.24, 2.45) is 0 Å². The quantitative estimate of drug-likeness (QED) is 0.859. The highest BCUT2D eigenvalue weighted by molar-refractivity contribution is 7.18. The Hall–Kier alpha value is -1.43. The average molecular weight is 223 g/mol. The van der Waals surface area contributed by atoms with Gasteiger partial charge in [0.15, 0.2) is 5.01 Å². The minimum absolute atomic E-state index is 0.828. The molecule has 0 fully saturated rings. The van der Waals surface area contributed by atoms with E-state index in [9.17, 15) is 0 Å². The molecule has 0 amide bonds. The van der Waals surface area contributed by atoms with Gasteiger partial charge in [-0.15, -0.1) is 10.2 Å². The zero-order valence-corrected chi connectivity index (χ0v) is 9.58. The van der Waals surface area contributed by atoms with E-state index >= 15 is 0 Å².